The van der Waals surface area contributed by atoms with E-state index in [4.69, 9.17) is 14.2 Å². The van der Waals surface area contributed by atoms with Crippen LogP contribution in [-0.2, 0) is 0 Å². The fourth-order valence-electron chi connectivity index (χ4n) is 2.48. The predicted molar refractivity (Wildman–Crippen MR) is 80.5 cm³/mol. The van der Waals surface area contributed by atoms with Crippen LogP contribution in [0.2, 0.25) is 0 Å². The molecule has 0 amide bonds. The summed E-state index contributed by atoms with van der Waals surface area (Å²) < 4.78 is 17.6. The molecule has 1 aromatic carbocycles. The predicted octanol–water partition coefficient (Wildman–Crippen LogP) is 4.06. The molecule has 0 bridgehead atoms. The lowest BCUT2D eigenvalue weighted by molar-refractivity contribution is 0.141. The highest BCUT2D eigenvalue weighted by molar-refractivity contribution is 5.78. The molecular weight excluding hydrogens is 252 g/mol. The van der Waals surface area contributed by atoms with Crippen LogP contribution in [0.15, 0.2) is 18.2 Å². The minimum atomic E-state index is -0.339. The molecule has 20 heavy (non-hydrogen) atoms. The largest absolute Gasteiger partial charge is 0.493 e. The minimum Gasteiger partial charge on any atom is -0.493 e. The van der Waals surface area contributed by atoms with Crippen molar-refractivity contribution in [3.05, 3.63) is 29.3 Å². The third-order valence-corrected chi connectivity index (χ3v) is 3.53. The van der Waals surface area contributed by atoms with E-state index in [1.165, 1.54) is 0 Å². The van der Waals surface area contributed by atoms with Crippen LogP contribution in [0.3, 0.4) is 0 Å². The van der Waals surface area contributed by atoms with Gasteiger partial charge in [-0.15, -0.1) is 0 Å². The van der Waals surface area contributed by atoms with Gasteiger partial charge in [0.05, 0.1) is 12.7 Å². The average Bonchev–Trinajstić information content (AvgIpc) is 2.36. The van der Waals surface area contributed by atoms with Crippen molar-refractivity contribution in [3.8, 4) is 17.2 Å². The molecule has 3 heteroatoms. The van der Waals surface area contributed by atoms with Crippen LogP contribution in [0, 0.1) is 0 Å². The maximum absolute atomic E-state index is 6.11. The van der Waals surface area contributed by atoms with Gasteiger partial charge >= 0.3 is 0 Å². The van der Waals surface area contributed by atoms with Gasteiger partial charge < -0.3 is 14.2 Å². The maximum atomic E-state index is 6.11. The summed E-state index contributed by atoms with van der Waals surface area (Å²) in [4.78, 5) is 0. The molecular formula is C17H20O3. The molecule has 0 radical (unpaired) electrons. The Morgan fingerprint density at radius 1 is 0.900 bits per heavy atom. The second kappa shape index (κ2) is 4.05. The molecule has 2 aliphatic rings. The lowest BCUT2D eigenvalue weighted by Crippen LogP contribution is -2.30. The van der Waals surface area contributed by atoms with Gasteiger partial charge in [0.1, 0.15) is 17.0 Å². The first kappa shape index (κ1) is 13.1. The van der Waals surface area contributed by atoms with Gasteiger partial charge in [-0.05, 0) is 52.0 Å². The molecule has 0 N–H and O–H groups in total. The van der Waals surface area contributed by atoms with Crippen LogP contribution in [0.25, 0.3) is 12.2 Å². The fraction of sp³-hybridized carbons (Fsp3) is 0.412. The second-order valence-electron chi connectivity index (χ2n) is 6.32. The van der Waals surface area contributed by atoms with Gasteiger partial charge in [0.2, 0.25) is 0 Å². The van der Waals surface area contributed by atoms with Crippen LogP contribution in [-0.4, -0.2) is 18.3 Å². The summed E-state index contributed by atoms with van der Waals surface area (Å²) in [5.74, 6) is 2.36. The van der Waals surface area contributed by atoms with Gasteiger partial charge in [0.15, 0.2) is 11.5 Å². The lowest BCUT2D eigenvalue weighted by Gasteiger charge is -2.34. The molecule has 0 atom stereocenters. The van der Waals surface area contributed by atoms with E-state index in [2.05, 4.69) is 18.2 Å². The van der Waals surface area contributed by atoms with Gasteiger partial charge in [-0.3, -0.25) is 0 Å². The minimum absolute atomic E-state index is 0.309. The van der Waals surface area contributed by atoms with E-state index in [0.717, 1.165) is 28.4 Å². The second-order valence-corrected chi connectivity index (χ2v) is 6.32. The summed E-state index contributed by atoms with van der Waals surface area (Å²) in [6.07, 6.45) is 8.24. The fourth-order valence-corrected chi connectivity index (χ4v) is 2.48. The van der Waals surface area contributed by atoms with Crippen molar-refractivity contribution in [2.24, 2.45) is 0 Å². The molecule has 3 rings (SSSR count). The summed E-state index contributed by atoms with van der Waals surface area (Å²) in [5, 5.41) is 0. The van der Waals surface area contributed by atoms with Crippen LogP contribution >= 0.6 is 0 Å². The van der Waals surface area contributed by atoms with Crippen molar-refractivity contribution in [1.29, 1.82) is 0 Å². The highest BCUT2D eigenvalue weighted by atomic mass is 16.5. The zero-order valence-electron chi connectivity index (χ0n) is 12.6. The summed E-state index contributed by atoms with van der Waals surface area (Å²) >= 11 is 0. The zero-order valence-corrected chi connectivity index (χ0v) is 12.6. The van der Waals surface area contributed by atoms with E-state index in [0.29, 0.717) is 0 Å². The van der Waals surface area contributed by atoms with Crippen molar-refractivity contribution in [2.45, 2.75) is 38.9 Å². The molecule has 0 unspecified atom stereocenters. The first-order valence-corrected chi connectivity index (χ1v) is 6.83. The van der Waals surface area contributed by atoms with Gasteiger partial charge in [-0.1, -0.05) is 6.08 Å². The first-order chi connectivity index (χ1) is 9.31. The molecule has 0 saturated carbocycles. The average molecular weight is 272 g/mol. The molecule has 2 aliphatic heterocycles. The first-order valence-electron chi connectivity index (χ1n) is 6.83. The number of hydrogen-bond donors (Lipinski definition) is 0. The van der Waals surface area contributed by atoms with E-state index in [-0.39, 0.29) is 11.2 Å². The summed E-state index contributed by atoms with van der Waals surface area (Å²) in [6.45, 7) is 8.13. The molecule has 0 fully saturated rings. The third-order valence-electron chi connectivity index (χ3n) is 3.53. The third kappa shape index (κ3) is 2.07. The smallest absolute Gasteiger partial charge is 0.173 e. The van der Waals surface area contributed by atoms with Crippen LogP contribution in [0.1, 0.15) is 38.8 Å². The Morgan fingerprint density at radius 3 is 2.15 bits per heavy atom. The Hall–Kier alpha value is -1.90. The monoisotopic (exact) mass is 272 g/mol. The van der Waals surface area contributed by atoms with E-state index in [1.807, 2.05) is 39.8 Å². The highest BCUT2D eigenvalue weighted by Gasteiger charge is 2.31. The Balaban J connectivity index is 2.22. The van der Waals surface area contributed by atoms with Crippen molar-refractivity contribution in [1.82, 2.24) is 0 Å². The number of ether oxygens (including phenoxy) is 3. The quantitative estimate of drug-likeness (QED) is 0.771. The standard InChI is InChI=1S/C17H20O3/c1-16(2)8-6-11-10-13(18-5)15-12(14(11)19-16)7-9-17(3,4)20-15/h6-10H,1-5H3. The molecule has 3 nitrogen and oxygen atoms in total. The maximum Gasteiger partial charge on any atom is 0.173 e. The van der Waals surface area contributed by atoms with E-state index in [1.54, 1.807) is 7.11 Å². The number of rotatable bonds is 1. The summed E-state index contributed by atoms with van der Waals surface area (Å²) in [6, 6.07) is 1.97. The van der Waals surface area contributed by atoms with Crippen molar-refractivity contribution >= 4 is 12.2 Å². The number of fused-ring (bicyclic) bond motifs is 3. The van der Waals surface area contributed by atoms with Crippen molar-refractivity contribution < 1.29 is 14.2 Å². The van der Waals surface area contributed by atoms with Crippen LogP contribution < -0.4 is 14.2 Å². The summed E-state index contributed by atoms with van der Waals surface area (Å²) in [7, 11) is 1.66. The van der Waals surface area contributed by atoms with Gasteiger partial charge in [0, 0.05) is 5.56 Å². The Bertz CT molecular complexity index is 622. The van der Waals surface area contributed by atoms with Crippen LogP contribution in [0.5, 0.6) is 17.2 Å². The van der Waals surface area contributed by atoms with Crippen molar-refractivity contribution in [2.75, 3.05) is 7.11 Å². The van der Waals surface area contributed by atoms with E-state index in [9.17, 15) is 0 Å². The Kier molecular flexibility index (Phi) is 2.65. The number of methoxy groups -OCH3 is 1. The lowest BCUT2D eigenvalue weighted by atomic mass is 9.95. The molecule has 0 saturated heterocycles. The zero-order chi connectivity index (χ0) is 14.5. The van der Waals surface area contributed by atoms with Crippen molar-refractivity contribution in [3.63, 3.8) is 0 Å². The van der Waals surface area contributed by atoms with E-state index < -0.39 is 0 Å². The van der Waals surface area contributed by atoms with Gasteiger partial charge in [-0.25, -0.2) is 0 Å². The molecule has 0 spiro atoms. The molecule has 1 aromatic rings. The van der Waals surface area contributed by atoms with Gasteiger partial charge in [-0.2, -0.15) is 0 Å². The Labute approximate surface area is 119 Å². The Morgan fingerprint density at radius 2 is 1.50 bits per heavy atom. The van der Waals surface area contributed by atoms with Gasteiger partial charge in [0.25, 0.3) is 0 Å². The topological polar surface area (TPSA) is 27.7 Å². The number of hydrogen-bond acceptors (Lipinski definition) is 3. The molecule has 0 aliphatic carbocycles. The van der Waals surface area contributed by atoms with E-state index >= 15 is 0 Å². The molecule has 0 aromatic heterocycles. The SMILES string of the molecule is COc1cc2c(c3c1OC(C)(C)C=C3)OC(C)(C)C=C2. The normalized spacial score (nSPS) is 20.4. The highest BCUT2D eigenvalue weighted by Crippen LogP contribution is 2.48. The number of benzene rings is 1. The molecule has 2 heterocycles. The molecule has 106 valence electrons. The summed E-state index contributed by atoms with van der Waals surface area (Å²) in [5.41, 5.74) is 1.33. The van der Waals surface area contributed by atoms with Crippen LogP contribution in [0.4, 0.5) is 0 Å².